The van der Waals surface area contributed by atoms with Gasteiger partial charge in [0.1, 0.15) is 0 Å². The fourth-order valence-corrected chi connectivity index (χ4v) is 2.80. The Morgan fingerprint density at radius 3 is 2.27 bits per heavy atom. The number of nitrogens with two attached hydrogens (primary N) is 1. The van der Waals surface area contributed by atoms with Gasteiger partial charge < -0.3 is 11.1 Å². The van der Waals surface area contributed by atoms with Gasteiger partial charge >= 0.3 is 0 Å². The van der Waals surface area contributed by atoms with Gasteiger partial charge in [0, 0.05) is 25.3 Å². The van der Waals surface area contributed by atoms with Gasteiger partial charge in [-0.25, -0.2) is 0 Å². The molecule has 1 heterocycles. The van der Waals surface area contributed by atoms with Crippen molar-refractivity contribution in [3.05, 3.63) is 17.0 Å². The van der Waals surface area contributed by atoms with E-state index in [1.807, 2.05) is 39.4 Å². The molecule has 1 unspecified atom stereocenters. The molecule has 22 heavy (non-hydrogen) atoms. The number of nitrogens with one attached hydrogen (secondary N) is 1. The minimum Gasteiger partial charge on any atom is -0.353 e. The summed E-state index contributed by atoms with van der Waals surface area (Å²) in [4.78, 5) is 12.5. The predicted octanol–water partition coefficient (Wildman–Crippen LogP) is 2.27. The van der Waals surface area contributed by atoms with Gasteiger partial charge in [-0.05, 0) is 45.6 Å². The molecule has 0 saturated carbocycles. The topological polar surface area (TPSA) is 72.9 Å². The second kappa shape index (κ2) is 8.53. The van der Waals surface area contributed by atoms with Crippen LogP contribution in [0.2, 0.25) is 0 Å². The quantitative estimate of drug-likeness (QED) is 0.805. The largest absolute Gasteiger partial charge is 0.353 e. The molecule has 1 atom stereocenters. The molecule has 0 radical (unpaired) electrons. The van der Waals surface area contributed by atoms with Crippen LogP contribution in [0.5, 0.6) is 0 Å². The normalized spacial score (nSPS) is 12.7. The van der Waals surface area contributed by atoms with E-state index < -0.39 is 5.41 Å². The van der Waals surface area contributed by atoms with Crippen molar-refractivity contribution in [1.82, 2.24) is 15.1 Å². The van der Waals surface area contributed by atoms with Crippen molar-refractivity contribution in [3.63, 3.8) is 0 Å². The first kappa shape index (κ1) is 20.9. The van der Waals surface area contributed by atoms with Gasteiger partial charge in [-0.1, -0.05) is 13.8 Å². The van der Waals surface area contributed by atoms with Gasteiger partial charge in [-0.15, -0.1) is 12.4 Å². The fourth-order valence-electron chi connectivity index (χ4n) is 2.80. The summed E-state index contributed by atoms with van der Waals surface area (Å²) in [6.07, 6.45) is 2.33. The van der Waals surface area contributed by atoms with E-state index >= 15 is 0 Å². The van der Waals surface area contributed by atoms with E-state index in [0.29, 0.717) is 6.54 Å². The molecule has 1 rings (SSSR count). The maximum atomic E-state index is 12.5. The molecular formula is C16H31ClN4O. The van der Waals surface area contributed by atoms with Crippen molar-refractivity contribution in [2.45, 2.75) is 59.9 Å². The summed E-state index contributed by atoms with van der Waals surface area (Å²) in [5.41, 5.74) is 8.81. The Hall–Kier alpha value is -1.07. The molecule has 0 aliphatic carbocycles. The average Bonchev–Trinajstić information content (AvgIpc) is 2.68. The first-order valence-corrected chi connectivity index (χ1v) is 7.81. The first-order chi connectivity index (χ1) is 9.81. The highest BCUT2D eigenvalue weighted by molar-refractivity contribution is 5.85. The number of aryl methyl sites for hydroxylation is 2. The molecule has 1 aromatic rings. The maximum Gasteiger partial charge on any atom is 0.227 e. The lowest BCUT2D eigenvalue weighted by molar-refractivity contribution is -0.131. The summed E-state index contributed by atoms with van der Waals surface area (Å²) in [6.45, 7) is 10.6. The van der Waals surface area contributed by atoms with E-state index in [9.17, 15) is 4.79 Å². The van der Waals surface area contributed by atoms with E-state index in [1.54, 1.807) is 0 Å². The van der Waals surface area contributed by atoms with Crippen LogP contribution < -0.4 is 11.1 Å². The molecule has 0 bridgehead atoms. The van der Waals surface area contributed by atoms with Crippen LogP contribution in [0.15, 0.2) is 0 Å². The number of hydrogen-bond donors (Lipinski definition) is 2. The van der Waals surface area contributed by atoms with Crippen LogP contribution in [0.4, 0.5) is 0 Å². The Morgan fingerprint density at radius 2 is 1.91 bits per heavy atom. The SMILES string of the molecule is CCC(CC)(CN)C(=O)NC(C)Cc1c(C)nn(C)c1C.Cl. The number of hydrogen-bond acceptors (Lipinski definition) is 3. The Labute approximate surface area is 140 Å². The summed E-state index contributed by atoms with van der Waals surface area (Å²) in [5, 5.41) is 7.55. The van der Waals surface area contributed by atoms with E-state index in [1.165, 1.54) is 5.56 Å². The second-order valence-electron chi connectivity index (χ2n) is 6.04. The summed E-state index contributed by atoms with van der Waals surface area (Å²) in [5.74, 6) is 0.0710. The fraction of sp³-hybridized carbons (Fsp3) is 0.750. The molecule has 0 aliphatic rings. The molecule has 6 heteroatoms. The number of carbonyl (C=O) groups excluding carboxylic acids is 1. The zero-order chi connectivity index (χ0) is 16.2. The van der Waals surface area contributed by atoms with Crippen LogP contribution in [-0.2, 0) is 18.3 Å². The lowest BCUT2D eigenvalue weighted by Crippen LogP contribution is -2.48. The van der Waals surface area contributed by atoms with Crippen molar-refractivity contribution >= 4 is 18.3 Å². The number of carbonyl (C=O) groups is 1. The van der Waals surface area contributed by atoms with Gasteiger partial charge in [-0.3, -0.25) is 9.48 Å². The Balaban J connectivity index is 0.00000441. The third-order valence-electron chi connectivity index (χ3n) is 4.77. The summed E-state index contributed by atoms with van der Waals surface area (Å²) in [7, 11) is 1.95. The van der Waals surface area contributed by atoms with Crippen molar-refractivity contribution in [2.24, 2.45) is 18.2 Å². The molecule has 0 saturated heterocycles. The van der Waals surface area contributed by atoms with E-state index in [4.69, 9.17) is 5.73 Å². The standard InChI is InChI=1S/C16H30N4O.ClH/c1-7-16(8-2,10-17)15(21)18-11(3)9-14-12(4)19-20(6)13(14)5;/h11H,7-10,17H2,1-6H3,(H,18,21);1H. The first-order valence-electron chi connectivity index (χ1n) is 7.81. The van der Waals surface area contributed by atoms with E-state index in [-0.39, 0.29) is 24.4 Å². The lowest BCUT2D eigenvalue weighted by Gasteiger charge is -2.30. The van der Waals surface area contributed by atoms with Gasteiger partial charge in [0.05, 0.1) is 11.1 Å². The summed E-state index contributed by atoms with van der Waals surface area (Å²) >= 11 is 0. The van der Waals surface area contributed by atoms with Crippen LogP contribution in [0.1, 0.15) is 50.6 Å². The zero-order valence-corrected chi connectivity index (χ0v) is 15.5. The van der Waals surface area contributed by atoms with Crippen LogP contribution in [0.3, 0.4) is 0 Å². The second-order valence-corrected chi connectivity index (χ2v) is 6.04. The molecule has 3 N–H and O–H groups in total. The molecule has 0 fully saturated rings. The lowest BCUT2D eigenvalue weighted by atomic mass is 9.81. The van der Waals surface area contributed by atoms with Crippen LogP contribution in [-0.4, -0.2) is 28.3 Å². The molecule has 128 valence electrons. The van der Waals surface area contributed by atoms with Crippen LogP contribution in [0.25, 0.3) is 0 Å². The molecule has 0 aliphatic heterocycles. The highest BCUT2D eigenvalue weighted by Crippen LogP contribution is 2.25. The highest BCUT2D eigenvalue weighted by Gasteiger charge is 2.34. The van der Waals surface area contributed by atoms with Crippen LogP contribution >= 0.6 is 12.4 Å². The smallest absolute Gasteiger partial charge is 0.227 e. The van der Waals surface area contributed by atoms with Crippen molar-refractivity contribution in [2.75, 3.05) is 6.54 Å². The minimum absolute atomic E-state index is 0. The minimum atomic E-state index is -0.437. The Bertz CT molecular complexity index is 486. The third-order valence-corrected chi connectivity index (χ3v) is 4.77. The number of aromatic nitrogens is 2. The maximum absolute atomic E-state index is 12.5. The number of halogens is 1. The van der Waals surface area contributed by atoms with E-state index in [2.05, 4.69) is 17.3 Å². The molecule has 5 nitrogen and oxygen atoms in total. The summed E-state index contributed by atoms with van der Waals surface area (Å²) < 4.78 is 1.89. The number of nitrogens with zero attached hydrogens (tertiary/aromatic N) is 2. The van der Waals surface area contributed by atoms with Gasteiger partial charge in [0.15, 0.2) is 0 Å². The molecule has 1 amide bonds. The molecule has 0 aromatic carbocycles. The number of rotatable bonds is 7. The molecule has 0 spiro atoms. The highest BCUT2D eigenvalue weighted by atomic mass is 35.5. The van der Waals surface area contributed by atoms with E-state index in [0.717, 1.165) is 30.7 Å². The van der Waals surface area contributed by atoms with Crippen molar-refractivity contribution in [1.29, 1.82) is 0 Å². The summed E-state index contributed by atoms with van der Waals surface area (Å²) in [6, 6.07) is 0.0723. The monoisotopic (exact) mass is 330 g/mol. The van der Waals surface area contributed by atoms with Crippen molar-refractivity contribution < 1.29 is 4.79 Å². The average molecular weight is 331 g/mol. The van der Waals surface area contributed by atoms with Gasteiger partial charge in [-0.2, -0.15) is 5.10 Å². The third kappa shape index (κ3) is 4.23. The van der Waals surface area contributed by atoms with Crippen molar-refractivity contribution in [3.8, 4) is 0 Å². The predicted molar refractivity (Wildman–Crippen MR) is 93.3 cm³/mol. The van der Waals surface area contributed by atoms with Crippen LogP contribution in [0, 0.1) is 19.3 Å². The Morgan fingerprint density at radius 1 is 1.36 bits per heavy atom. The molecular weight excluding hydrogens is 300 g/mol. The van der Waals surface area contributed by atoms with Gasteiger partial charge in [0.25, 0.3) is 0 Å². The number of amides is 1. The van der Waals surface area contributed by atoms with Gasteiger partial charge in [0.2, 0.25) is 5.91 Å². The zero-order valence-electron chi connectivity index (χ0n) is 14.7. The molecule has 1 aromatic heterocycles. The Kier molecular flexibility index (Phi) is 8.12.